The van der Waals surface area contributed by atoms with Crippen LogP contribution in [0.4, 0.5) is 5.69 Å². The molecule has 0 atom stereocenters. The van der Waals surface area contributed by atoms with Crippen LogP contribution in [0.2, 0.25) is 5.15 Å². The lowest BCUT2D eigenvalue weighted by Gasteiger charge is -2.11. The van der Waals surface area contributed by atoms with E-state index in [2.05, 4.69) is 15.3 Å². The lowest BCUT2D eigenvalue weighted by Crippen LogP contribution is -2.12. The number of hydrogen-bond donors (Lipinski definition) is 2. The topological polar surface area (TPSA) is 96.6 Å². The number of halogens is 1. The number of aliphatic carboxylic acids is 1. The predicted molar refractivity (Wildman–Crippen MR) is 130 cm³/mol. The number of anilines is 1. The van der Waals surface area contributed by atoms with E-state index >= 15 is 0 Å². The summed E-state index contributed by atoms with van der Waals surface area (Å²) < 4.78 is 1.75. The number of aromatic nitrogens is 3. The molecule has 2 heterocycles. The Morgan fingerprint density at radius 1 is 1.00 bits per heavy atom. The number of hydrogen-bond acceptors (Lipinski definition) is 4. The Labute approximate surface area is 199 Å². The Morgan fingerprint density at radius 2 is 1.76 bits per heavy atom. The van der Waals surface area contributed by atoms with Gasteiger partial charge in [-0.05, 0) is 40.6 Å². The van der Waals surface area contributed by atoms with Gasteiger partial charge in [0.1, 0.15) is 16.6 Å². The molecular formula is C26H19ClN4O3. The van der Waals surface area contributed by atoms with Crippen LogP contribution in [-0.4, -0.2) is 31.4 Å². The standard InChI is InChI=1S/C26H19ClN4O3/c27-24-21(15-23(32)33)25-28-11-12-31(25)22(30-24)13-16-5-9-20(10-6-16)29-26(34)19-8-7-17-3-1-2-4-18(17)14-19/h1-12,14H,13,15H2,(H,29,34)(H,32,33). The second kappa shape index (κ2) is 8.96. The molecule has 0 unspecified atom stereocenters. The Hall–Kier alpha value is -4.23. The number of rotatable bonds is 6. The number of carbonyl (C=O) groups is 2. The molecule has 0 saturated heterocycles. The maximum absolute atomic E-state index is 12.7. The third kappa shape index (κ3) is 4.33. The summed E-state index contributed by atoms with van der Waals surface area (Å²) in [7, 11) is 0. The van der Waals surface area contributed by atoms with E-state index in [1.165, 1.54) is 0 Å². The van der Waals surface area contributed by atoms with Crippen LogP contribution in [0, 0.1) is 0 Å². The van der Waals surface area contributed by atoms with Gasteiger partial charge in [0, 0.05) is 35.6 Å². The second-order valence-corrected chi connectivity index (χ2v) is 8.24. The van der Waals surface area contributed by atoms with Crippen molar-refractivity contribution in [1.29, 1.82) is 0 Å². The van der Waals surface area contributed by atoms with Gasteiger partial charge in [-0.3, -0.25) is 14.0 Å². The fraction of sp³-hybridized carbons (Fsp3) is 0.0769. The molecule has 0 radical (unpaired) electrons. The van der Waals surface area contributed by atoms with Crippen LogP contribution in [0.3, 0.4) is 0 Å². The smallest absolute Gasteiger partial charge is 0.308 e. The quantitative estimate of drug-likeness (QED) is 0.340. The largest absolute Gasteiger partial charge is 0.481 e. The van der Waals surface area contributed by atoms with Gasteiger partial charge in [0.2, 0.25) is 0 Å². The van der Waals surface area contributed by atoms with E-state index < -0.39 is 5.97 Å². The van der Waals surface area contributed by atoms with Crippen molar-refractivity contribution in [3.8, 4) is 0 Å². The molecule has 0 aliphatic carbocycles. The molecule has 0 aliphatic heterocycles. The van der Waals surface area contributed by atoms with E-state index in [0.717, 1.165) is 16.3 Å². The summed E-state index contributed by atoms with van der Waals surface area (Å²) in [5.41, 5.74) is 3.09. The fourth-order valence-electron chi connectivity index (χ4n) is 3.91. The minimum absolute atomic E-state index is 0.135. The van der Waals surface area contributed by atoms with E-state index in [4.69, 9.17) is 16.7 Å². The van der Waals surface area contributed by atoms with Crippen LogP contribution in [0.15, 0.2) is 79.1 Å². The van der Waals surface area contributed by atoms with Gasteiger partial charge in [-0.2, -0.15) is 0 Å². The summed E-state index contributed by atoms with van der Waals surface area (Å²) in [6, 6.07) is 21.0. The zero-order valence-electron chi connectivity index (χ0n) is 17.9. The van der Waals surface area contributed by atoms with Crippen molar-refractivity contribution in [2.24, 2.45) is 0 Å². The SMILES string of the molecule is O=C(O)Cc1c(Cl)nc(Cc2ccc(NC(=O)c3ccc4ccccc4c3)cc2)n2ccnc12. The molecule has 0 saturated carbocycles. The minimum atomic E-state index is -0.998. The summed E-state index contributed by atoms with van der Waals surface area (Å²) in [5, 5.41) is 14.3. The first kappa shape index (κ1) is 21.6. The number of benzene rings is 3. The maximum Gasteiger partial charge on any atom is 0.308 e. The number of amides is 1. The van der Waals surface area contributed by atoms with Gasteiger partial charge in [0.25, 0.3) is 5.91 Å². The summed E-state index contributed by atoms with van der Waals surface area (Å²) in [4.78, 5) is 32.5. The number of nitrogens with zero attached hydrogens (tertiary/aromatic N) is 3. The third-order valence-corrected chi connectivity index (χ3v) is 5.89. The van der Waals surface area contributed by atoms with Crippen molar-refractivity contribution in [3.63, 3.8) is 0 Å². The first-order chi connectivity index (χ1) is 16.5. The highest BCUT2D eigenvalue weighted by Crippen LogP contribution is 2.23. The zero-order chi connectivity index (χ0) is 23.7. The molecule has 0 fully saturated rings. The molecule has 2 aromatic heterocycles. The second-order valence-electron chi connectivity index (χ2n) is 7.88. The number of imidazole rings is 1. The predicted octanol–water partition coefficient (Wildman–Crippen LogP) is 5.01. The van der Waals surface area contributed by atoms with Crippen molar-refractivity contribution < 1.29 is 14.7 Å². The highest BCUT2D eigenvalue weighted by atomic mass is 35.5. The van der Waals surface area contributed by atoms with Crippen LogP contribution in [-0.2, 0) is 17.6 Å². The van der Waals surface area contributed by atoms with Crippen molar-refractivity contribution in [1.82, 2.24) is 14.4 Å². The first-order valence-corrected chi connectivity index (χ1v) is 11.0. The molecule has 0 aliphatic rings. The Bertz CT molecular complexity index is 1540. The van der Waals surface area contributed by atoms with E-state index in [1.54, 1.807) is 16.8 Å². The van der Waals surface area contributed by atoms with Crippen LogP contribution in [0.25, 0.3) is 16.4 Å². The van der Waals surface area contributed by atoms with Crippen LogP contribution in [0.5, 0.6) is 0 Å². The first-order valence-electron chi connectivity index (χ1n) is 10.6. The number of carboxylic acid groups (broad SMARTS) is 1. The highest BCUT2D eigenvalue weighted by molar-refractivity contribution is 6.30. The monoisotopic (exact) mass is 470 g/mol. The summed E-state index contributed by atoms with van der Waals surface area (Å²) in [6.07, 6.45) is 3.53. The molecule has 7 nitrogen and oxygen atoms in total. The number of fused-ring (bicyclic) bond motifs is 2. The molecule has 0 bridgehead atoms. The summed E-state index contributed by atoms with van der Waals surface area (Å²) in [6.45, 7) is 0. The minimum Gasteiger partial charge on any atom is -0.481 e. The molecule has 5 rings (SSSR count). The number of nitrogens with one attached hydrogen (secondary N) is 1. The van der Waals surface area contributed by atoms with Gasteiger partial charge in [0.05, 0.1) is 6.42 Å². The van der Waals surface area contributed by atoms with E-state index in [1.807, 2.05) is 66.7 Å². The number of carboxylic acids is 1. The van der Waals surface area contributed by atoms with Crippen molar-refractivity contribution >= 4 is 45.6 Å². The number of carbonyl (C=O) groups excluding carboxylic acids is 1. The van der Waals surface area contributed by atoms with Gasteiger partial charge in [-0.15, -0.1) is 0 Å². The average Bonchev–Trinajstić information content (AvgIpc) is 3.32. The molecule has 168 valence electrons. The Kier molecular flexibility index (Phi) is 5.69. The van der Waals surface area contributed by atoms with E-state index in [0.29, 0.717) is 34.7 Å². The van der Waals surface area contributed by atoms with E-state index in [-0.39, 0.29) is 17.5 Å². The lowest BCUT2D eigenvalue weighted by atomic mass is 10.1. The average molecular weight is 471 g/mol. The van der Waals surface area contributed by atoms with E-state index in [9.17, 15) is 9.59 Å². The van der Waals surface area contributed by atoms with Crippen LogP contribution < -0.4 is 5.32 Å². The highest BCUT2D eigenvalue weighted by Gasteiger charge is 2.16. The fourth-order valence-corrected chi connectivity index (χ4v) is 4.16. The van der Waals surface area contributed by atoms with Gasteiger partial charge in [-0.1, -0.05) is 54.1 Å². The molecule has 5 aromatic rings. The Morgan fingerprint density at radius 3 is 2.53 bits per heavy atom. The van der Waals surface area contributed by atoms with Crippen LogP contribution in [0.1, 0.15) is 27.3 Å². The maximum atomic E-state index is 12.7. The molecule has 3 aromatic carbocycles. The van der Waals surface area contributed by atoms with Gasteiger partial charge >= 0.3 is 5.97 Å². The van der Waals surface area contributed by atoms with Crippen LogP contribution >= 0.6 is 11.6 Å². The van der Waals surface area contributed by atoms with Crippen molar-refractivity contribution in [3.05, 3.63) is 107 Å². The lowest BCUT2D eigenvalue weighted by molar-refractivity contribution is -0.136. The van der Waals surface area contributed by atoms with Gasteiger partial charge in [0.15, 0.2) is 0 Å². The van der Waals surface area contributed by atoms with Crippen molar-refractivity contribution in [2.45, 2.75) is 12.8 Å². The molecule has 0 spiro atoms. The van der Waals surface area contributed by atoms with Gasteiger partial charge < -0.3 is 10.4 Å². The Balaban J connectivity index is 1.33. The third-order valence-electron chi connectivity index (χ3n) is 5.58. The molecule has 2 N–H and O–H groups in total. The molecular weight excluding hydrogens is 452 g/mol. The zero-order valence-corrected chi connectivity index (χ0v) is 18.7. The summed E-state index contributed by atoms with van der Waals surface area (Å²) >= 11 is 6.28. The molecule has 1 amide bonds. The molecule has 34 heavy (non-hydrogen) atoms. The van der Waals surface area contributed by atoms with Crippen molar-refractivity contribution in [2.75, 3.05) is 5.32 Å². The normalized spacial score (nSPS) is 11.1. The van der Waals surface area contributed by atoms with Gasteiger partial charge in [-0.25, -0.2) is 9.97 Å². The molecule has 8 heteroatoms. The summed E-state index contributed by atoms with van der Waals surface area (Å²) in [5.74, 6) is -0.539.